The summed E-state index contributed by atoms with van der Waals surface area (Å²) >= 11 is 0. The monoisotopic (exact) mass is 412 g/mol. The van der Waals surface area contributed by atoms with Crippen LogP contribution in [0.2, 0.25) is 0 Å². The van der Waals surface area contributed by atoms with Crippen LogP contribution in [0, 0.1) is 17.7 Å². The zero-order valence-corrected chi connectivity index (χ0v) is 16.3. The van der Waals surface area contributed by atoms with Crippen molar-refractivity contribution in [1.29, 1.82) is 0 Å². The zero-order valence-electron chi connectivity index (χ0n) is 16.3. The predicted molar refractivity (Wildman–Crippen MR) is 105 cm³/mol. The third-order valence-electron chi connectivity index (χ3n) is 5.43. The standard InChI is InChI=1S/C20H21FN6O3/c1-12-16(18(12)29)9-25-10-23-20(30)17(19(25)22)27(11-28)15-6-24-26(8-15)7-13-3-2-4-14(21)5-13/h2-6,8,11-12,16H,7,9-10,22H2,1H3,(H,23,30). The van der Waals surface area contributed by atoms with Crippen LogP contribution >= 0.6 is 0 Å². The first-order valence-electron chi connectivity index (χ1n) is 9.47. The van der Waals surface area contributed by atoms with Crippen LogP contribution in [0.15, 0.2) is 48.2 Å². The van der Waals surface area contributed by atoms with E-state index in [2.05, 4.69) is 10.4 Å². The van der Waals surface area contributed by atoms with Gasteiger partial charge < -0.3 is 16.0 Å². The van der Waals surface area contributed by atoms with E-state index in [1.807, 2.05) is 6.92 Å². The molecular formula is C20H21FN6O3. The Kier molecular flexibility index (Phi) is 4.98. The highest BCUT2D eigenvalue weighted by atomic mass is 19.1. The number of benzene rings is 1. The van der Waals surface area contributed by atoms with Gasteiger partial charge in [-0.1, -0.05) is 19.1 Å². The minimum Gasteiger partial charge on any atom is -0.383 e. The molecule has 0 bridgehead atoms. The van der Waals surface area contributed by atoms with Gasteiger partial charge in [0.1, 0.15) is 17.4 Å². The Balaban J connectivity index is 1.57. The first-order valence-corrected chi connectivity index (χ1v) is 9.47. The van der Waals surface area contributed by atoms with Gasteiger partial charge in [-0.15, -0.1) is 0 Å². The van der Waals surface area contributed by atoms with Crippen molar-refractivity contribution in [3.8, 4) is 0 Å². The average Bonchev–Trinajstić information content (AvgIpc) is 3.07. The Morgan fingerprint density at radius 3 is 2.83 bits per heavy atom. The number of anilines is 1. The lowest BCUT2D eigenvalue weighted by atomic mass is 10.2. The number of hydrogen-bond acceptors (Lipinski definition) is 6. The van der Waals surface area contributed by atoms with Crippen molar-refractivity contribution in [3.63, 3.8) is 0 Å². The number of carbonyl (C=O) groups excluding carboxylic acids is 3. The molecule has 2 heterocycles. The summed E-state index contributed by atoms with van der Waals surface area (Å²) < 4.78 is 14.9. The maximum Gasteiger partial charge on any atom is 0.273 e. The molecule has 1 fully saturated rings. The van der Waals surface area contributed by atoms with Crippen molar-refractivity contribution >= 4 is 23.8 Å². The molecule has 9 nitrogen and oxygen atoms in total. The Hall–Kier alpha value is -3.69. The average molecular weight is 412 g/mol. The third kappa shape index (κ3) is 3.63. The highest BCUT2D eigenvalue weighted by molar-refractivity contribution is 6.04. The van der Waals surface area contributed by atoms with Gasteiger partial charge >= 0.3 is 0 Å². The van der Waals surface area contributed by atoms with E-state index in [1.54, 1.807) is 23.2 Å². The molecule has 2 amide bonds. The van der Waals surface area contributed by atoms with E-state index in [9.17, 15) is 18.8 Å². The van der Waals surface area contributed by atoms with Crippen molar-refractivity contribution in [2.24, 2.45) is 17.6 Å². The number of nitrogens with zero attached hydrogens (tertiary/aromatic N) is 4. The van der Waals surface area contributed by atoms with Gasteiger partial charge in [0.15, 0.2) is 5.70 Å². The molecule has 2 aromatic rings. The van der Waals surface area contributed by atoms with Crippen LogP contribution in [0.1, 0.15) is 12.5 Å². The number of nitrogens with one attached hydrogen (secondary N) is 1. The second-order valence-electron chi connectivity index (χ2n) is 7.42. The second-order valence-corrected chi connectivity index (χ2v) is 7.42. The molecule has 2 atom stereocenters. The molecule has 1 saturated carbocycles. The number of aromatic nitrogens is 2. The lowest BCUT2D eigenvalue weighted by Crippen LogP contribution is -2.51. The Morgan fingerprint density at radius 1 is 1.40 bits per heavy atom. The largest absolute Gasteiger partial charge is 0.383 e. The van der Waals surface area contributed by atoms with Gasteiger partial charge in [-0.05, 0) is 17.7 Å². The smallest absolute Gasteiger partial charge is 0.273 e. The molecule has 156 valence electrons. The van der Waals surface area contributed by atoms with E-state index in [1.165, 1.54) is 23.0 Å². The molecule has 1 aromatic carbocycles. The summed E-state index contributed by atoms with van der Waals surface area (Å²) in [4.78, 5) is 38.8. The Morgan fingerprint density at radius 2 is 2.17 bits per heavy atom. The first-order chi connectivity index (χ1) is 14.4. The van der Waals surface area contributed by atoms with Crippen molar-refractivity contribution < 1.29 is 18.8 Å². The molecule has 2 unspecified atom stereocenters. The third-order valence-corrected chi connectivity index (χ3v) is 5.43. The minimum absolute atomic E-state index is 0.0256. The van der Waals surface area contributed by atoms with Crippen molar-refractivity contribution in [3.05, 3.63) is 59.6 Å². The number of halogens is 1. The topological polar surface area (TPSA) is 114 Å². The van der Waals surface area contributed by atoms with Crippen LogP contribution in [0.25, 0.3) is 0 Å². The highest BCUT2D eigenvalue weighted by Gasteiger charge is 2.47. The van der Waals surface area contributed by atoms with E-state index in [0.29, 0.717) is 30.8 Å². The normalized spacial score (nSPS) is 20.9. The highest BCUT2D eigenvalue weighted by Crippen LogP contribution is 2.34. The molecule has 4 rings (SSSR count). The molecule has 0 saturated heterocycles. The van der Waals surface area contributed by atoms with Crippen molar-refractivity contribution in [2.75, 3.05) is 18.1 Å². The van der Waals surface area contributed by atoms with Gasteiger partial charge in [0.25, 0.3) is 5.91 Å². The lowest BCUT2D eigenvalue weighted by molar-refractivity contribution is -0.120. The van der Waals surface area contributed by atoms with Crippen LogP contribution in [-0.4, -0.2) is 46.0 Å². The summed E-state index contributed by atoms with van der Waals surface area (Å²) in [5, 5.41) is 6.87. The van der Waals surface area contributed by atoms with Gasteiger partial charge in [-0.3, -0.25) is 24.0 Å². The maximum absolute atomic E-state index is 13.4. The molecule has 3 N–H and O–H groups in total. The summed E-state index contributed by atoms with van der Waals surface area (Å²) in [5.41, 5.74) is 7.22. The summed E-state index contributed by atoms with van der Waals surface area (Å²) in [6.45, 7) is 2.68. The fourth-order valence-electron chi connectivity index (χ4n) is 3.54. The van der Waals surface area contributed by atoms with Gasteiger partial charge in [-0.2, -0.15) is 5.10 Å². The lowest BCUT2D eigenvalue weighted by Gasteiger charge is -2.33. The van der Waals surface area contributed by atoms with E-state index >= 15 is 0 Å². The van der Waals surface area contributed by atoms with Crippen molar-refractivity contribution in [2.45, 2.75) is 13.5 Å². The summed E-state index contributed by atoms with van der Waals surface area (Å²) in [7, 11) is 0. The number of carbonyl (C=O) groups is 3. The van der Waals surface area contributed by atoms with Crippen LogP contribution in [-0.2, 0) is 20.9 Å². The molecular weight excluding hydrogens is 391 g/mol. The summed E-state index contributed by atoms with van der Waals surface area (Å²) in [6, 6.07) is 6.11. The van der Waals surface area contributed by atoms with E-state index in [-0.39, 0.29) is 41.6 Å². The van der Waals surface area contributed by atoms with Gasteiger partial charge in [0.05, 0.1) is 25.1 Å². The summed E-state index contributed by atoms with van der Waals surface area (Å²) in [6.07, 6.45) is 3.48. The number of Topliss-reactive ketones (excluding diaryl/α,β-unsaturated/α-hetero) is 1. The van der Waals surface area contributed by atoms with E-state index in [0.717, 1.165) is 4.90 Å². The van der Waals surface area contributed by atoms with Crippen LogP contribution in [0.5, 0.6) is 0 Å². The first kappa shape index (κ1) is 19.6. The quantitative estimate of drug-likeness (QED) is 0.636. The van der Waals surface area contributed by atoms with Crippen molar-refractivity contribution in [1.82, 2.24) is 20.0 Å². The molecule has 0 radical (unpaired) electrons. The number of ketones is 1. The molecule has 0 spiro atoms. The minimum atomic E-state index is -0.496. The van der Waals surface area contributed by atoms with E-state index < -0.39 is 5.91 Å². The SMILES string of the molecule is CC1C(=O)C1CN1CNC(=O)C(N(C=O)c2cnn(Cc3cccc(F)c3)c2)=C1N. The molecule has 30 heavy (non-hydrogen) atoms. The Labute approximate surface area is 171 Å². The maximum atomic E-state index is 13.4. The van der Waals surface area contributed by atoms with Crippen LogP contribution < -0.4 is 16.0 Å². The Bertz CT molecular complexity index is 1050. The number of rotatable bonds is 7. The van der Waals surface area contributed by atoms with Gasteiger partial charge in [-0.25, -0.2) is 4.39 Å². The molecule has 1 aliphatic heterocycles. The van der Waals surface area contributed by atoms with Gasteiger partial charge in [0, 0.05) is 24.6 Å². The fraction of sp³-hybridized carbons (Fsp3) is 0.300. The van der Waals surface area contributed by atoms with Gasteiger partial charge in [0.2, 0.25) is 6.41 Å². The zero-order chi connectivity index (χ0) is 21.4. The molecule has 10 heteroatoms. The van der Waals surface area contributed by atoms with Crippen LogP contribution in [0.4, 0.5) is 10.1 Å². The molecule has 2 aliphatic rings. The van der Waals surface area contributed by atoms with Crippen LogP contribution in [0.3, 0.4) is 0 Å². The van der Waals surface area contributed by atoms with E-state index in [4.69, 9.17) is 5.73 Å². The molecule has 1 aromatic heterocycles. The number of amides is 2. The molecule has 1 aliphatic carbocycles. The number of nitrogens with two attached hydrogens (primary N) is 1. The summed E-state index contributed by atoms with van der Waals surface area (Å²) in [5.74, 6) is -0.720. The number of hydrogen-bond donors (Lipinski definition) is 2. The predicted octanol–water partition coefficient (Wildman–Crippen LogP) is 0.385. The fourth-order valence-corrected chi connectivity index (χ4v) is 3.54. The second kappa shape index (κ2) is 7.62.